The summed E-state index contributed by atoms with van der Waals surface area (Å²) in [5, 5.41) is 0. The Bertz CT molecular complexity index is 637. The number of carbonyl (C=O) groups excluding carboxylic acids is 3. The van der Waals surface area contributed by atoms with Crippen LogP contribution in [0.3, 0.4) is 0 Å². The van der Waals surface area contributed by atoms with E-state index >= 15 is 0 Å². The lowest BCUT2D eigenvalue weighted by Crippen LogP contribution is -2.34. The summed E-state index contributed by atoms with van der Waals surface area (Å²) in [4.78, 5) is 35.3. The minimum Gasteiger partial charge on any atom is -0.497 e. The molecule has 0 amide bonds. The van der Waals surface area contributed by atoms with Crippen molar-refractivity contribution < 1.29 is 23.9 Å². The van der Waals surface area contributed by atoms with Crippen molar-refractivity contribution in [1.29, 1.82) is 0 Å². The van der Waals surface area contributed by atoms with Gasteiger partial charge in [-0.25, -0.2) is 0 Å². The predicted octanol–water partition coefficient (Wildman–Crippen LogP) is 1.92. The first-order chi connectivity index (χ1) is 10.0. The van der Waals surface area contributed by atoms with Gasteiger partial charge in [-0.3, -0.25) is 14.4 Å². The van der Waals surface area contributed by atoms with Crippen LogP contribution in [-0.4, -0.2) is 24.6 Å². The van der Waals surface area contributed by atoms with E-state index in [4.69, 9.17) is 9.47 Å². The zero-order chi connectivity index (χ0) is 15.4. The number of esters is 1. The summed E-state index contributed by atoms with van der Waals surface area (Å²) < 4.78 is 9.83. The number of ketones is 2. The van der Waals surface area contributed by atoms with Crippen molar-refractivity contribution in [2.45, 2.75) is 6.92 Å². The van der Waals surface area contributed by atoms with Crippen molar-refractivity contribution in [3.8, 4) is 5.75 Å². The molecule has 21 heavy (non-hydrogen) atoms. The normalized spacial score (nSPS) is 18.4. The zero-order valence-corrected chi connectivity index (χ0v) is 11.7. The molecule has 0 aromatic heterocycles. The fourth-order valence-electron chi connectivity index (χ4n) is 1.89. The van der Waals surface area contributed by atoms with E-state index in [1.807, 2.05) is 0 Å². The molecule has 1 atom stereocenters. The van der Waals surface area contributed by atoms with E-state index < -0.39 is 23.5 Å². The standard InChI is InChI=1S/C16H14O5/c1-10-9-14(18)15(16(19)21-10)13(17)8-5-11-3-6-12(20-2)7-4-11/h3-9,15H,1-2H3/b8-5+/t15-/m0/s1. The molecular weight excluding hydrogens is 272 g/mol. The summed E-state index contributed by atoms with van der Waals surface area (Å²) in [6.07, 6.45) is 3.90. The highest BCUT2D eigenvalue weighted by Crippen LogP contribution is 2.17. The van der Waals surface area contributed by atoms with Crippen LogP contribution in [0.1, 0.15) is 12.5 Å². The third kappa shape index (κ3) is 3.45. The minimum atomic E-state index is -1.40. The highest BCUT2D eigenvalue weighted by Gasteiger charge is 2.36. The van der Waals surface area contributed by atoms with Crippen molar-refractivity contribution in [1.82, 2.24) is 0 Å². The molecule has 0 saturated carbocycles. The van der Waals surface area contributed by atoms with Gasteiger partial charge < -0.3 is 9.47 Å². The van der Waals surface area contributed by atoms with Gasteiger partial charge in [0.1, 0.15) is 11.5 Å². The lowest BCUT2D eigenvalue weighted by Gasteiger charge is -2.15. The average molecular weight is 286 g/mol. The van der Waals surface area contributed by atoms with E-state index in [-0.39, 0.29) is 5.76 Å². The van der Waals surface area contributed by atoms with Gasteiger partial charge in [-0.15, -0.1) is 0 Å². The molecular formula is C16H14O5. The Labute approximate surface area is 121 Å². The molecule has 1 aromatic rings. The van der Waals surface area contributed by atoms with Crippen molar-refractivity contribution in [2.75, 3.05) is 7.11 Å². The van der Waals surface area contributed by atoms with E-state index in [9.17, 15) is 14.4 Å². The number of benzene rings is 1. The molecule has 1 heterocycles. The maximum Gasteiger partial charge on any atom is 0.329 e. The van der Waals surface area contributed by atoms with E-state index in [0.717, 1.165) is 11.6 Å². The van der Waals surface area contributed by atoms with E-state index in [1.165, 1.54) is 19.1 Å². The number of hydrogen-bond donors (Lipinski definition) is 0. The highest BCUT2D eigenvalue weighted by atomic mass is 16.5. The summed E-state index contributed by atoms with van der Waals surface area (Å²) in [7, 11) is 1.56. The predicted molar refractivity (Wildman–Crippen MR) is 75.4 cm³/mol. The molecule has 1 aromatic carbocycles. The van der Waals surface area contributed by atoms with Gasteiger partial charge in [-0.05, 0) is 30.7 Å². The van der Waals surface area contributed by atoms with E-state index in [0.29, 0.717) is 5.75 Å². The summed E-state index contributed by atoms with van der Waals surface area (Å²) in [6, 6.07) is 7.01. The van der Waals surface area contributed by atoms with Gasteiger partial charge in [0.2, 0.25) is 0 Å². The number of hydrogen-bond acceptors (Lipinski definition) is 5. The maximum absolute atomic E-state index is 12.0. The van der Waals surface area contributed by atoms with Gasteiger partial charge >= 0.3 is 5.97 Å². The van der Waals surface area contributed by atoms with Gasteiger partial charge in [0.25, 0.3) is 0 Å². The van der Waals surface area contributed by atoms with Crippen LogP contribution >= 0.6 is 0 Å². The van der Waals surface area contributed by atoms with Crippen LogP contribution in [0.4, 0.5) is 0 Å². The first kappa shape index (κ1) is 14.7. The summed E-state index contributed by atoms with van der Waals surface area (Å²) in [5.74, 6) is -2.47. The summed E-state index contributed by atoms with van der Waals surface area (Å²) in [6.45, 7) is 1.49. The minimum absolute atomic E-state index is 0.202. The SMILES string of the molecule is COc1ccc(/C=C/C(=O)[C@H]2C(=O)C=C(C)OC2=O)cc1. The van der Waals surface area contributed by atoms with Crippen molar-refractivity contribution in [3.05, 3.63) is 47.7 Å². The number of allylic oxidation sites excluding steroid dienone is 3. The van der Waals surface area contributed by atoms with Gasteiger partial charge in [0.05, 0.1) is 7.11 Å². The Morgan fingerprint density at radius 3 is 2.48 bits per heavy atom. The number of cyclic esters (lactones) is 1. The quantitative estimate of drug-likeness (QED) is 0.480. The largest absolute Gasteiger partial charge is 0.497 e. The second kappa shape index (κ2) is 6.17. The molecule has 0 fully saturated rings. The zero-order valence-electron chi connectivity index (χ0n) is 11.7. The molecule has 5 nitrogen and oxygen atoms in total. The molecule has 0 N–H and O–H groups in total. The molecule has 0 unspecified atom stereocenters. The third-order valence-corrected chi connectivity index (χ3v) is 2.97. The number of rotatable bonds is 4. The first-order valence-corrected chi connectivity index (χ1v) is 6.31. The average Bonchev–Trinajstić information content (AvgIpc) is 2.44. The van der Waals surface area contributed by atoms with Crippen molar-refractivity contribution >= 4 is 23.6 Å². The molecule has 1 aliphatic rings. The lowest BCUT2D eigenvalue weighted by atomic mass is 9.96. The fourth-order valence-corrected chi connectivity index (χ4v) is 1.89. The third-order valence-electron chi connectivity index (χ3n) is 2.97. The second-order valence-electron chi connectivity index (χ2n) is 4.52. The monoisotopic (exact) mass is 286 g/mol. The topological polar surface area (TPSA) is 69.7 Å². The van der Waals surface area contributed by atoms with E-state index in [2.05, 4.69) is 0 Å². The van der Waals surface area contributed by atoms with Gasteiger partial charge in [0, 0.05) is 6.08 Å². The molecule has 5 heteroatoms. The van der Waals surface area contributed by atoms with Crippen LogP contribution in [0.25, 0.3) is 6.08 Å². The van der Waals surface area contributed by atoms with Crippen molar-refractivity contribution in [2.24, 2.45) is 5.92 Å². The summed E-state index contributed by atoms with van der Waals surface area (Å²) in [5.41, 5.74) is 0.757. The Hall–Kier alpha value is -2.69. The number of carbonyl (C=O) groups is 3. The molecule has 2 rings (SSSR count). The van der Waals surface area contributed by atoms with Gasteiger partial charge in [-0.1, -0.05) is 18.2 Å². The van der Waals surface area contributed by atoms with Crippen molar-refractivity contribution in [3.63, 3.8) is 0 Å². The molecule has 0 radical (unpaired) electrons. The Morgan fingerprint density at radius 2 is 1.90 bits per heavy atom. The lowest BCUT2D eigenvalue weighted by molar-refractivity contribution is -0.151. The molecule has 0 saturated heterocycles. The molecule has 108 valence electrons. The van der Waals surface area contributed by atoms with Crippen LogP contribution in [-0.2, 0) is 19.1 Å². The van der Waals surface area contributed by atoms with Crippen LogP contribution in [0.5, 0.6) is 5.75 Å². The van der Waals surface area contributed by atoms with Crippen LogP contribution in [0.2, 0.25) is 0 Å². The molecule has 0 bridgehead atoms. The number of methoxy groups -OCH3 is 1. The second-order valence-corrected chi connectivity index (χ2v) is 4.52. The van der Waals surface area contributed by atoms with Crippen LogP contribution in [0, 0.1) is 5.92 Å². The fraction of sp³-hybridized carbons (Fsp3) is 0.188. The smallest absolute Gasteiger partial charge is 0.329 e. The number of ether oxygens (including phenoxy) is 2. The molecule has 1 aliphatic heterocycles. The van der Waals surface area contributed by atoms with E-state index in [1.54, 1.807) is 31.4 Å². The first-order valence-electron chi connectivity index (χ1n) is 6.31. The molecule has 0 spiro atoms. The van der Waals surface area contributed by atoms with Gasteiger partial charge in [-0.2, -0.15) is 0 Å². The maximum atomic E-state index is 12.0. The highest BCUT2D eigenvalue weighted by molar-refractivity contribution is 6.25. The Kier molecular flexibility index (Phi) is 4.33. The van der Waals surface area contributed by atoms with Crippen LogP contribution in [0.15, 0.2) is 42.2 Å². The van der Waals surface area contributed by atoms with Gasteiger partial charge in [0.15, 0.2) is 17.5 Å². The van der Waals surface area contributed by atoms with Crippen LogP contribution < -0.4 is 4.74 Å². The Balaban J connectivity index is 2.11. The summed E-state index contributed by atoms with van der Waals surface area (Å²) >= 11 is 0. The molecule has 0 aliphatic carbocycles. The Morgan fingerprint density at radius 1 is 1.24 bits per heavy atom.